The average Bonchev–Trinajstić information content (AvgIpc) is 2.44. The van der Waals surface area contributed by atoms with Crippen molar-refractivity contribution in [3.63, 3.8) is 0 Å². The van der Waals surface area contributed by atoms with Crippen molar-refractivity contribution < 1.29 is 9.84 Å². The Hall–Kier alpha value is -1.00. The van der Waals surface area contributed by atoms with Crippen LogP contribution in [0.1, 0.15) is 11.4 Å². The van der Waals surface area contributed by atoms with E-state index in [4.69, 9.17) is 4.74 Å². The third kappa shape index (κ3) is 2.75. The Morgan fingerprint density at radius 2 is 2.00 bits per heavy atom. The lowest BCUT2D eigenvalue weighted by molar-refractivity contribution is 0.0711. The SMILES string of the molecule is COCC(O)CNn1c(C)ccc1C. The third-order valence-electron chi connectivity index (χ3n) is 2.12. The third-order valence-corrected chi connectivity index (χ3v) is 2.12. The van der Waals surface area contributed by atoms with Crippen LogP contribution in [-0.4, -0.2) is 36.1 Å². The number of rotatable bonds is 5. The minimum atomic E-state index is -0.471. The van der Waals surface area contributed by atoms with E-state index in [9.17, 15) is 5.11 Å². The summed E-state index contributed by atoms with van der Waals surface area (Å²) in [6.07, 6.45) is -0.471. The van der Waals surface area contributed by atoms with Crippen LogP contribution in [-0.2, 0) is 4.74 Å². The standard InChI is InChI=1S/C10H18N2O2/c1-8-4-5-9(2)12(8)11-6-10(13)7-14-3/h4-5,10-11,13H,6-7H2,1-3H3. The van der Waals surface area contributed by atoms with Gasteiger partial charge in [0.2, 0.25) is 0 Å². The van der Waals surface area contributed by atoms with Gasteiger partial charge in [-0.2, -0.15) is 0 Å². The maximum atomic E-state index is 9.43. The van der Waals surface area contributed by atoms with Gasteiger partial charge in [0, 0.05) is 18.5 Å². The molecule has 2 N–H and O–H groups in total. The Labute approximate surface area is 84.5 Å². The van der Waals surface area contributed by atoms with Gasteiger partial charge in [-0.05, 0) is 26.0 Å². The summed E-state index contributed by atoms with van der Waals surface area (Å²) in [5.41, 5.74) is 5.40. The van der Waals surface area contributed by atoms with Crippen molar-refractivity contribution in [3.05, 3.63) is 23.5 Å². The molecule has 1 aromatic heterocycles. The van der Waals surface area contributed by atoms with Gasteiger partial charge < -0.3 is 15.3 Å². The number of aliphatic hydroxyl groups excluding tert-OH is 1. The summed E-state index contributed by atoms with van der Waals surface area (Å²) >= 11 is 0. The topological polar surface area (TPSA) is 46.4 Å². The van der Waals surface area contributed by atoms with E-state index in [1.165, 1.54) is 0 Å². The number of hydrogen-bond donors (Lipinski definition) is 2. The van der Waals surface area contributed by atoms with Crippen molar-refractivity contribution >= 4 is 0 Å². The molecular formula is C10H18N2O2. The lowest BCUT2D eigenvalue weighted by Crippen LogP contribution is -2.30. The first-order valence-electron chi connectivity index (χ1n) is 4.71. The van der Waals surface area contributed by atoms with Crippen molar-refractivity contribution in [2.24, 2.45) is 0 Å². The van der Waals surface area contributed by atoms with E-state index in [1.807, 2.05) is 30.7 Å². The van der Waals surface area contributed by atoms with Crippen molar-refractivity contribution in [2.45, 2.75) is 20.0 Å². The fraction of sp³-hybridized carbons (Fsp3) is 0.600. The van der Waals surface area contributed by atoms with Gasteiger partial charge in [0.1, 0.15) is 0 Å². The van der Waals surface area contributed by atoms with Crippen molar-refractivity contribution in [1.29, 1.82) is 0 Å². The van der Waals surface area contributed by atoms with Gasteiger partial charge in [0.05, 0.1) is 19.3 Å². The molecule has 0 aromatic carbocycles. The monoisotopic (exact) mass is 198 g/mol. The summed E-state index contributed by atoms with van der Waals surface area (Å²) < 4.78 is 6.79. The summed E-state index contributed by atoms with van der Waals surface area (Å²) in [6, 6.07) is 4.07. The van der Waals surface area contributed by atoms with Crippen molar-refractivity contribution in [3.8, 4) is 0 Å². The molecule has 0 aliphatic carbocycles. The smallest absolute Gasteiger partial charge is 0.0961 e. The van der Waals surface area contributed by atoms with Gasteiger partial charge in [0.25, 0.3) is 0 Å². The summed E-state index contributed by atoms with van der Waals surface area (Å²) in [4.78, 5) is 0. The molecule has 1 unspecified atom stereocenters. The molecule has 0 amide bonds. The Morgan fingerprint density at radius 1 is 1.43 bits per heavy atom. The molecule has 1 atom stereocenters. The first-order valence-corrected chi connectivity index (χ1v) is 4.71. The van der Waals surface area contributed by atoms with E-state index in [-0.39, 0.29) is 0 Å². The van der Waals surface area contributed by atoms with Crippen LogP contribution in [0.3, 0.4) is 0 Å². The molecule has 0 spiro atoms. The van der Waals surface area contributed by atoms with Gasteiger partial charge in [-0.3, -0.25) is 4.68 Å². The number of methoxy groups -OCH3 is 1. The molecule has 80 valence electrons. The molecule has 0 aliphatic rings. The van der Waals surface area contributed by atoms with Crippen molar-refractivity contribution in [1.82, 2.24) is 4.68 Å². The second-order valence-corrected chi connectivity index (χ2v) is 3.42. The van der Waals surface area contributed by atoms with Crippen LogP contribution in [0.2, 0.25) is 0 Å². The van der Waals surface area contributed by atoms with Gasteiger partial charge in [-0.25, -0.2) is 0 Å². The van der Waals surface area contributed by atoms with Crippen molar-refractivity contribution in [2.75, 3.05) is 25.7 Å². The number of ether oxygens (including phenoxy) is 1. The average molecular weight is 198 g/mol. The lowest BCUT2D eigenvalue weighted by Gasteiger charge is -2.15. The zero-order valence-electron chi connectivity index (χ0n) is 8.95. The minimum Gasteiger partial charge on any atom is -0.389 e. The number of aliphatic hydroxyl groups is 1. The summed E-state index contributed by atoms with van der Waals surface area (Å²) in [5, 5.41) is 9.43. The Kier molecular flexibility index (Phi) is 3.98. The van der Waals surface area contributed by atoms with Gasteiger partial charge in [-0.15, -0.1) is 0 Å². The van der Waals surface area contributed by atoms with E-state index < -0.39 is 6.10 Å². The van der Waals surface area contributed by atoms with E-state index in [0.717, 1.165) is 11.4 Å². The second kappa shape index (κ2) is 5.02. The molecule has 0 saturated heterocycles. The molecule has 0 aliphatic heterocycles. The minimum absolute atomic E-state index is 0.354. The fourth-order valence-corrected chi connectivity index (χ4v) is 1.37. The second-order valence-electron chi connectivity index (χ2n) is 3.42. The summed E-state index contributed by atoms with van der Waals surface area (Å²) in [6.45, 7) is 4.88. The highest BCUT2D eigenvalue weighted by Gasteiger charge is 2.04. The van der Waals surface area contributed by atoms with Gasteiger partial charge >= 0.3 is 0 Å². The quantitative estimate of drug-likeness (QED) is 0.730. The molecule has 1 rings (SSSR count). The van der Waals surface area contributed by atoms with Gasteiger partial charge in [0.15, 0.2) is 0 Å². The van der Waals surface area contributed by atoms with Crippen LogP contribution in [0.15, 0.2) is 12.1 Å². The zero-order valence-corrected chi connectivity index (χ0v) is 8.95. The highest BCUT2D eigenvalue weighted by atomic mass is 16.5. The molecule has 4 nitrogen and oxygen atoms in total. The Balaban J connectivity index is 2.45. The van der Waals surface area contributed by atoms with Crippen LogP contribution in [0.5, 0.6) is 0 Å². The van der Waals surface area contributed by atoms with E-state index in [0.29, 0.717) is 13.2 Å². The predicted molar refractivity (Wildman–Crippen MR) is 56.0 cm³/mol. The zero-order chi connectivity index (χ0) is 10.6. The molecule has 1 aromatic rings. The summed E-state index contributed by atoms with van der Waals surface area (Å²) in [5.74, 6) is 0. The molecular weight excluding hydrogens is 180 g/mol. The molecule has 4 heteroatoms. The lowest BCUT2D eigenvalue weighted by atomic mass is 10.4. The number of nitrogens with one attached hydrogen (secondary N) is 1. The van der Waals surface area contributed by atoms with Crippen LogP contribution in [0.4, 0.5) is 0 Å². The van der Waals surface area contributed by atoms with E-state index >= 15 is 0 Å². The van der Waals surface area contributed by atoms with E-state index in [1.54, 1.807) is 7.11 Å². The normalized spacial score (nSPS) is 12.9. The number of aryl methyl sites for hydroxylation is 2. The van der Waals surface area contributed by atoms with Gasteiger partial charge in [-0.1, -0.05) is 0 Å². The number of hydrogen-bond acceptors (Lipinski definition) is 3. The van der Waals surface area contributed by atoms with Crippen LogP contribution in [0, 0.1) is 13.8 Å². The largest absolute Gasteiger partial charge is 0.389 e. The highest BCUT2D eigenvalue weighted by molar-refractivity contribution is 5.15. The molecule has 0 fully saturated rings. The molecule has 0 bridgehead atoms. The van der Waals surface area contributed by atoms with E-state index in [2.05, 4.69) is 5.43 Å². The Bertz CT molecular complexity index is 264. The fourth-order valence-electron chi connectivity index (χ4n) is 1.37. The highest BCUT2D eigenvalue weighted by Crippen LogP contribution is 2.03. The Morgan fingerprint density at radius 3 is 2.50 bits per heavy atom. The summed E-state index contributed by atoms with van der Waals surface area (Å²) in [7, 11) is 1.58. The predicted octanol–water partition coefficient (Wildman–Crippen LogP) is 0.656. The first kappa shape index (κ1) is 11.1. The maximum absolute atomic E-state index is 9.43. The number of aromatic nitrogens is 1. The number of nitrogens with zero attached hydrogens (tertiary/aromatic N) is 1. The maximum Gasteiger partial charge on any atom is 0.0961 e. The molecule has 0 radical (unpaired) electrons. The van der Waals surface area contributed by atoms with Crippen LogP contribution in [0.25, 0.3) is 0 Å². The van der Waals surface area contributed by atoms with Crippen LogP contribution < -0.4 is 5.43 Å². The van der Waals surface area contributed by atoms with Crippen LogP contribution >= 0.6 is 0 Å². The molecule has 1 heterocycles. The first-order chi connectivity index (χ1) is 6.65. The molecule has 0 saturated carbocycles. The molecule has 14 heavy (non-hydrogen) atoms.